The van der Waals surface area contributed by atoms with E-state index in [4.69, 9.17) is 5.73 Å². The highest BCUT2D eigenvalue weighted by atomic mass is 19.3. The summed E-state index contributed by atoms with van der Waals surface area (Å²) in [7, 11) is 0. The maximum absolute atomic E-state index is 13.1. The van der Waals surface area contributed by atoms with Gasteiger partial charge < -0.3 is 11.1 Å². The first-order chi connectivity index (χ1) is 10.00. The van der Waals surface area contributed by atoms with Gasteiger partial charge in [-0.25, -0.2) is 8.78 Å². The van der Waals surface area contributed by atoms with Crippen molar-refractivity contribution in [3.8, 4) is 11.8 Å². The molecule has 0 aromatic heterocycles. The molecule has 1 fully saturated rings. The normalized spacial score (nSPS) is 17.7. The van der Waals surface area contributed by atoms with Crippen LogP contribution in [0.3, 0.4) is 0 Å². The Labute approximate surface area is 122 Å². The van der Waals surface area contributed by atoms with Gasteiger partial charge in [0.1, 0.15) is 0 Å². The molecule has 0 radical (unpaired) electrons. The van der Waals surface area contributed by atoms with E-state index in [1.54, 1.807) is 18.2 Å². The van der Waals surface area contributed by atoms with Gasteiger partial charge in [-0.05, 0) is 31.0 Å². The first-order valence-corrected chi connectivity index (χ1v) is 6.98. The van der Waals surface area contributed by atoms with Gasteiger partial charge >= 0.3 is 0 Å². The monoisotopic (exact) mass is 292 g/mol. The van der Waals surface area contributed by atoms with Gasteiger partial charge in [-0.3, -0.25) is 4.79 Å². The van der Waals surface area contributed by atoms with Crippen molar-refractivity contribution in [1.82, 2.24) is 0 Å². The molecule has 2 rings (SSSR count). The van der Waals surface area contributed by atoms with Crippen LogP contribution in [0.25, 0.3) is 0 Å². The smallest absolute Gasteiger partial charge is 0.248 e. The van der Waals surface area contributed by atoms with E-state index >= 15 is 0 Å². The van der Waals surface area contributed by atoms with E-state index in [9.17, 15) is 13.6 Å². The zero-order chi connectivity index (χ0) is 15.3. The molecule has 0 saturated heterocycles. The Balaban J connectivity index is 1.97. The van der Waals surface area contributed by atoms with E-state index in [-0.39, 0.29) is 44.1 Å². The van der Waals surface area contributed by atoms with Crippen molar-refractivity contribution in [2.75, 3.05) is 11.9 Å². The van der Waals surface area contributed by atoms with Gasteiger partial charge in [0.05, 0.1) is 6.54 Å². The fourth-order valence-corrected chi connectivity index (χ4v) is 2.37. The van der Waals surface area contributed by atoms with Crippen LogP contribution in [0.4, 0.5) is 14.5 Å². The highest BCUT2D eigenvalue weighted by Gasteiger charge is 2.37. The number of amides is 1. The van der Waals surface area contributed by atoms with Gasteiger partial charge in [0.25, 0.3) is 0 Å². The summed E-state index contributed by atoms with van der Waals surface area (Å²) >= 11 is 0. The van der Waals surface area contributed by atoms with Crippen LogP contribution < -0.4 is 11.1 Å². The number of hydrogen-bond donors (Lipinski definition) is 2. The number of hydrogen-bond acceptors (Lipinski definition) is 2. The third kappa shape index (κ3) is 4.54. The number of alkyl halides is 2. The Morgan fingerprint density at radius 3 is 2.76 bits per heavy atom. The summed E-state index contributed by atoms with van der Waals surface area (Å²) in [4.78, 5) is 12.1. The predicted molar refractivity (Wildman–Crippen MR) is 77.9 cm³/mol. The summed E-state index contributed by atoms with van der Waals surface area (Å²) in [5.74, 6) is 2.46. The molecule has 0 aliphatic heterocycles. The molecule has 5 heteroatoms. The molecule has 1 aliphatic rings. The largest absolute Gasteiger partial charge is 0.326 e. The van der Waals surface area contributed by atoms with E-state index in [2.05, 4.69) is 17.2 Å². The quantitative estimate of drug-likeness (QED) is 0.824. The minimum atomic E-state index is -2.62. The molecular formula is C16H18F2N2O. The average molecular weight is 292 g/mol. The van der Waals surface area contributed by atoms with Crippen molar-refractivity contribution in [1.29, 1.82) is 0 Å². The number of rotatable bonds is 2. The third-order valence-corrected chi connectivity index (χ3v) is 3.55. The van der Waals surface area contributed by atoms with E-state index in [0.717, 1.165) is 5.56 Å². The molecule has 112 valence electrons. The minimum Gasteiger partial charge on any atom is -0.326 e. The van der Waals surface area contributed by atoms with Crippen LogP contribution in [0.2, 0.25) is 0 Å². The van der Waals surface area contributed by atoms with Gasteiger partial charge in [0.2, 0.25) is 11.8 Å². The number of benzene rings is 1. The molecule has 3 nitrogen and oxygen atoms in total. The fourth-order valence-electron chi connectivity index (χ4n) is 2.37. The second-order valence-corrected chi connectivity index (χ2v) is 5.21. The average Bonchev–Trinajstić information content (AvgIpc) is 2.45. The summed E-state index contributed by atoms with van der Waals surface area (Å²) in [6.07, 6.45) is 0.0250. The molecule has 1 amide bonds. The minimum absolute atomic E-state index is 0.200. The molecule has 1 aromatic carbocycles. The molecular weight excluding hydrogens is 274 g/mol. The standard InChI is InChI=1S/C16H18F2N2O/c17-16(18)8-6-13(7-9-16)15(21)20-14-5-1-3-12(11-14)4-2-10-19/h1,3,5,11,13H,6-10,19H2,(H,20,21). The van der Waals surface area contributed by atoms with Crippen LogP contribution in [0.15, 0.2) is 24.3 Å². The first-order valence-electron chi connectivity index (χ1n) is 6.98. The van der Waals surface area contributed by atoms with Gasteiger partial charge in [-0.15, -0.1) is 0 Å². The summed E-state index contributed by atoms with van der Waals surface area (Å²) in [6.45, 7) is 0.271. The highest BCUT2D eigenvalue weighted by molar-refractivity contribution is 5.92. The van der Waals surface area contributed by atoms with Gasteiger partial charge in [-0.2, -0.15) is 0 Å². The second-order valence-electron chi connectivity index (χ2n) is 5.21. The van der Waals surface area contributed by atoms with Crippen molar-refractivity contribution in [3.05, 3.63) is 29.8 Å². The third-order valence-electron chi connectivity index (χ3n) is 3.55. The van der Waals surface area contributed by atoms with Crippen LogP contribution in [0, 0.1) is 17.8 Å². The maximum atomic E-state index is 13.1. The van der Waals surface area contributed by atoms with Gasteiger partial charge in [0.15, 0.2) is 0 Å². The van der Waals surface area contributed by atoms with Crippen molar-refractivity contribution in [2.24, 2.45) is 11.7 Å². The van der Waals surface area contributed by atoms with Crippen LogP contribution in [0.1, 0.15) is 31.2 Å². The van der Waals surface area contributed by atoms with E-state index in [1.807, 2.05) is 6.07 Å². The van der Waals surface area contributed by atoms with Crippen LogP contribution in [-0.4, -0.2) is 18.4 Å². The van der Waals surface area contributed by atoms with Crippen molar-refractivity contribution in [2.45, 2.75) is 31.6 Å². The highest BCUT2D eigenvalue weighted by Crippen LogP contribution is 2.36. The second kappa shape index (κ2) is 6.68. The Morgan fingerprint density at radius 1 is 1.38 bits per heavy atom. The summed E-state index contributed by atoms with van der Waals surface area (Å²) in [5.41, 5.74) is 6.69. The topological polar surface area (TPSA) is 55.1 Å². The lowest BCUT2D eigenvalue weighted by Crippen LogP contribution is -2.31. The van der Waals surface area contributed by atoms with Crippen LogP contribution in [-0.2, 0) is 4.79 Å². The number of carbonyl (C=O) groups excluding carboxylic acids is 1. The van der Waals surface area contributed by atoms with Gasteiger partial charge in [0, 0.05) is 30.0 Å². The molecule has 0 atom stereocenters. The lowest BCUT2D eigenvalue weighted by atomic mass is 9.86. The van der Waals surface area contributed by atoms with Gasteiger partial charge in [-0.1, -0.05) is 17.9 Å². The van der Waals surface area contributed by atoms with Crippen molar-refractivity contribution >= 4 is 11.6 Å². The number of nitrogens with one attached hydrogen (secondary N) is 1. The summed E-state index contributed by atoms with van der Waals surface area (Å²) in [6, 6.07) is 7.10. The summed E-state index contributed by atoms with van der Waals surface area (Å²) in [5, 5.41) is 2.77. The zero-order valence-electron chi connectivity index (χ0n) is 11.7. The van der Waals surface area contributed by atoms with E-state index in [1.165, 1.54) is 0 Å². The van der Waals surface area contributed by atoms with Crippen molar-refractivity contribution in [3.63, 3.8) is 0 Å². The van der Waals surface area contributed by atoms with Crippen LogP contribution >= 0.6 is 0 Å². The predicted octanol–water partition coefficient (Wildman–Crippen LogP) is 2.76. The Kier molecular flexibility index (Phi) is 4.92. The first kappa shape index (κ1) is 15.5. The molecule has 0 bridgehead atoms. The zero-order valence-corrected chi connectivity index (χ0v) is 11.7. The van der Waals surface area contributed by atoms with Crippen LogP contribution in [0.5, 0.6) is 0 Å². The Hall–Kier alpha value is -1.93. The number of anilines is 1. The lowest BCUT2D eigenvalue weighted by Gasteiger charge is -2.27. The Morgan fingerprint density at radius 2 is 2.10 bits per heavy atom. The molecule has 1 aromatic rings. The Bertz CT molecular complexity index is 565. The molecule has 21 heavy (non-hydrogen) atoms. The lowest BCUT2D eigenvalue weighted by molar-refractivity contribution is -0.124. The molecule has 1 aliphatic carbocycles. The van der Waals surface area contributed by atoms with E-state index < -0.39 is 5.92 Å². The number of halogens is 2. The molecule has 0 unspecified atom stereocenters. The summed E-state index contributed by atoms with van der Waals surface area (Å²) < 4.78 is 26.2. The molecule has 0 spiro atoms. The molecule has 1 saturated carbocycles. The molecule has 0 heterocycles. The number of carbonyl (C=O) groups is 1. The molecule has 3 N–H and O–H groups in total. The SMILES string of the molecule is NCC#Cc1cccc(NC(=O)C2CCC(F)(F)CC2)c1. The number of nitrogens with two attached hydrogens (primary N) is 1. The van der Waals surface area contributed by atoms with E-state index in [0.29, 0.717) is 5.69 Å². The maximum Gasteiger partial charge on any atom is 0.248 e. The van der Waals surface area contributed by atoms with Crippen molar-refractivity contribution < 1.29 is 13.6 Å². The fraction of sp³-hybridized carbons (Fsp3) is 0.438.